The van der Waals surface area contributed by atoms with E-state index < -0.39 is 17.1 Å². The quantitative estimate of drug-likeness (QED) is 0.506. The molecule has 7 nitrogen and oxygen atoms in total. The molecule has 0 bridgehead atoms. The highest BCUT2D eigenvalue weighted by molar-refractivity contribution is 6.28. The maximum Gasteiger partial charge on any atom is 0.357 e. The topological polar surface area (TPSA) is 82.7 Å². The summed E-state index contributed by atoms with van der Waals surface area (Å²) in [4.78, 5) is 37.2. The molecule has 3 heterocycles. The number of halogens is 2. The molecular formula is C18H11ClFN5O2. The molecule has 1 aromatic carbocycles. The number of fused-ring (bicyclic) bond motifs is 1. The van der Waals surface area contributed by atoms with Crippen molar-refractivity contribution in [2.24, 2.45) is 0 Å². The van der Waals surface area contributed by atoms with Crippen LogP contribution in [0.2, 0.25) is 5.28 Å². The first kappa shape index (κ1) is 17.0. The van der Waals surface area contributed by atoms with Crippen molar-refractivity contribution in [3.8, 4) is 17.1 Å². The Balaban J connectivity index is 1.89. The van der Waals surface area contributed by atoms with Gasteiger partial charge in [0.25, 0.3) is 5.56 Å². The van der Waals surface area contributed by atoms with Crippen LogP contribution < -0.4 is 11.2 Å². The Hall–Kier alpha value is -3.39. The average molecular weight is 384 g/mol. The number of pyridine rings is 1. The highest BCUT2D eigenvalue weighted by Gasteiger charge is 2.19. The molecule has 2 aromatic rings. The summed E-state index contributed by atoms with van der Waals surface area (Å²) in [6, 6.07) is 8.74. The van der Waals surface area contributed by atoms with Gasteiger partial charge in [0.2, 0.25) is 5.28 Å². The highest BCUT2D eigenvalue weighted by Crippen LogP contribution is 2.17. The van der Waals surface area contributed by atoms with Gasteiger partial charge in [-0.3, -0.25) is 4.79 Å². The lowest BCUT2D eigenvalue weighted by Gasteiger charge is -2.15. The molecule has 0 saturated carbocycles. The van der Waals surface area contributed by atoms with Gasteiger partial charge in [-0.2, -0.15) is 4.98 Å². The predicted molar refractivity (Wildman–Crippen MR) is 96.8 cm³/mol. The summed E-state index contributed by atoms with van der Waals surface area (Å²) in [5.74, 6) is -0.491. The fourth-order valence-corrected chi connectivity index (χ4v) is 2.87. The Morgan fingerprint density at radius 3 is 2.52 bits per heavy atom. The van der Waals surface area contributed by atoms with Gasteiger partial charge >= 0.3 is 5.69 Å². The van der Waals surface area contributed by atoms with Crippen LogP contribution in [-0.4, -0.2) is 24.1 Å². The van der Waals surface area contributed by atoms with Crippen molar-refractivity contribution in [2.45, 2.75) is 6.54 Å². The number of rotatable bonds is 3. The van der Waals surface area contributed by atoms with Gasteiger partial charge in [0, 0.05) is 24.2 Å². The van der Waals surface area contributed by atoms with E-state index in [0.29, 0.717) is 5.56 Å². The average Bonchev–Trinajstić information content (AvgIpc) is 2.66. The van der Waals surface area contributed by atoms with Crippen molar-refractivity contribution in [1.82, 2.24) is 24.1 Å². The molecule has 0 atom stereocenters. The van der Waals surface area contributed by atoms with Gasteiger partial charge < -0.3 is 4.57 Å². The van der Waals surface area contributed by atoms with Crippen molar-refractivity contribution in [3.63, 3.8) is 0 Å². The zero-order valence-corrected chi connectivity index (χ0v) is 14.5. The molecule has 4 rings (SSSR count). The first-order chi connectivity index (χ1) is 13.0. The summed E-state index contributed by atoms with van der Waals surface area (Å²) in [5, 5.41) is 0.120. The van der Waals surface area contributed by atoms with E-state index in [-0.39, 0.29) is 28.9 Å². The minimum absolute atomic E-state index is 0.120. The molecule has 0 fully saturated rings. The third-order valence-electron chi connectivity index (χ3n) is 3.99. The van der Waals surface area contributed by atoms with E-state index in [9.17, 15) is 14.0 Å². The Morgan fingerprint density at radius 1 is 1.04 bits per heavy atom. The van der Waals surface area contributed by atoms with E-state index in [2.05, 4.69) is 15.0 Å². The first-order valence-electron chi connectivity index (χ1n) is 7.88. The number of hydrogen-bond acceptors (Lipinski definition) is 5. The summed E-state index contributed by atoms with van der Waals surface area (Å²) in [5.41, 5.74) is -0.732. The standard InChI is InChI=1S/C18H11ClFN5O2/c19-17-21-8-11(9-22-17)10-24-7-3-4-12-15(24)23-18(27)25(16(12)26)14-6-2-1-5-13(14)20/h1-9H,10H2. The zero-order chi connectivity index (χ0) is 19.0. The largest absolute Gasteiger partial charge is 0.357 e. The van der Waals surface area contributed by atoms with Gasteiger partial charge in [-0.15, -0.1) is 0 Å². The molecule has 2 aliphatic rings. The molecule has 134 valence electrons. The van der Waals surface area contributed by atoms with Gasteiger partial charge in [-0.05, 0) is 35.9 Å². The highest BCUT2D eigenvalue weighted by atomic mass is 35.5. The Bertz CT molecular complexity index is 1220. The second kappa shape index (κ2) is 6.73. The van der Waals surface area contributed by atoms with Crippen molar-refractivity contribution < 1.29 is 4.39 Å². The second-order valence-corrected chi connectivity index (χ2v) is 6.06. The predicted octanol–water partition coefficient (Wildman–Crippen LogP) is 2.13. The maximum atomic E-state index is 14.1. The van der Waals surface area contributed by atoms with E-state index in [0.717, 1.165) is 4.57 Å². The molecule has 9 heteroatoms. The lowest BCUT2D eigenvalue weighted by Crippen LogP contribution is -2.37. The molecular weight excluding hydrogens is 373 g/mol. The molecule has 0 saturated heterocycles. The van der Waals surface area contributed by atoms with E-state index in [4.69, 9.17) is 11.6 Å². The zero-order valence-electron chi connectivity index (χ0n) is 13.7. The van der Waals surface area contributed by atoms with Crippen LogP contribution in [0.3, 0.4) is 0 Å². The molecule has 2 aliphatic heterocycles. The summed E-state index contributed by atoms with van der Waals surface area (Å²) in [6.07, 6.45) is 4.76. The molecule has 0 unspecified atom stereocenters. The molecule has 0 amide bonds. The number of hydrogen-bond donors (Lipinski definition) is 0. The van der Waals surface area contributed by atoms with Gasteiger partial charge in [0.1, 0.15) is 5.82 Å². The van der Waals surface area contributed by atoms with Crippen LogP contribution >= 0.6 is 11.6 Å². The lowest BCUT2D eigenvalue weighted by atomic mass is 10.2. The molecule has 0 aliphatic carbocycles. The number of para-hydroxylation sites is 1. The van der Waals surface area contributed by atoms with Crippen LogP contribution in [0.15, 0.2) is 64.6 Å². The van der Waals surface area contributed by atoms with Gasteiger partial charge in [-0.1, -0.05) is 12.1 Å². The van der Waals surface area contributed by atoms with Crippen LogP contribution in [-0.2, 0) is 6.54 Å². The maximum absolute atomic E-state index is 14.1. The van der Waals surface area contributed by atoms with Crippen molar-refractivity contribution in [3.05, 3.63) is 92.5 Å². The fraction of sp³-hybridized carbons (Fsp3) is 0.0556. The molecule has 0 radical (unpaired) electrons. The SMILES string of the molecule is O=c1nc2n(Cc3cnc(Cl)nc3)cccc-2c(=O)n1-c1ccccc1F. The van der Waals surface area contributed by atoms with Crippen molar-refractivity contribution in [2.75, 3.05) is 0 Å². The number of nitrogens with zero attached hydrogens (tertiary/aromatic N) is 5. The third-order valence-corrected chi connectivity index (χ3v) is 4.18. The second-order valence-electron chi connectivity index (χ2n) is 5.72. The molecule has 0 N–H and O–H groups in total. The normalized spacial score (nSPS) is 11.0. The van der Waals surface area contributed by atoms with E-state index >= 15 is 0 Å². The summed E-state index contributed by atoms with van der Waals surface area (Å²) in [7, 11) is 0. The van der Waals surface area contributed by atoms with Gasteiger partial charge in [0.05, 0.1) is 17.8 Å². The van der Waals surface area contributed by atoms with Crippen LogP contribution in [0.1, 0.15) is 5.56 Å². The fourth-order valence-electron chi connectivity index (χ4n) is 2.77. The summed E-state index contributed by atoms with van der Waals surface area (Å²) in [6.45, 7) is 0.282. The van der Waals surface area contributed by atoms with E-state index in [1.54, 1.807) is 35.3 Å². The van der Waals surface area contributed by atoms with E-state index in [1.807, 2.05) is 0 Å². The minimum Gasteiger partial charge on any atom is -0.328 e. The Kier molecular flexibility index (Phi) is 4.25. The van der Waals surface area contributed by atoms with Gasteiger partial charge in [-0.25, -0.2) is 23.7 Å². The molecule has 1 aromatic heterocycles. The van der Waals surface area contributed by atoms with Crippen LogP contribution in [0.5, 0.6) is 0 Å². The third kappa shape index (κ3) is 3.11. The van der Waals surface area contributed by atoms with Crippen LogP contribution in [0.25, 0.3) is 17.1 Å². The summed E-state index contributed by atoms with van der Waals surface area (Å²) >= 11 is 5.68. The molecule has 0 spiro atoms. The number of benzene rings is 1. The van der Waals surface area contributed by atoms with Crippen molar-refractivity contribution in [1.29, 1.82) is 0 Å². The lowest BCUT2D eigenvalue weighted by molar-refractivity contribution is 0.611. The number of aromatic nitrogens is 5. The summed E-state index contributed by atoms with van der Waals surface area (Å²) < 4.78 is 16.4. The minimum atomic E-state index is -0.857. The Morgan fingerprint density at radius 2 is 1.78 bits per heavy atom. The van der Waals surface area contributed by atoms with E-state index in [1.165, 1.54) is 24.3 Å². The molecule has 27 heavy (non-hydrogen) atoms. The van der Waals surface area contributed by atoms with Crippen molar-refractivity contribution >= 4 is 11.6 Å². The van der Waals surface area contributed by atoms with Gasteiger partial charge in [0.15, 0.2) is 5.82 Å². The smallest absolute Gasteiger partial charge is 0.328 e. The van der Waals surface area contributed by atoms with Crippen LogP contribution in [0, 0.1) is 5.82 Å². The monoisotopic (exact) mass is 383 g/mol. The first-order valence-corrected chi connectivity index (χ1v) is 8.26. The van der Waals surface area contributed by atoms with Crippen LogP contribution in [0.4, 0.5) is 4.39 Å². The Labute approximate surface area is 156 Å².